The van der Waals surface area contributed by atoms with Crippen molar-refractivity contribution in [3.8, 4) is 0 Å². The first kappa shape index (κ1) is 16.1. The van der Waals surface area contributed by atoms with Crippen LogP contribution in [0.5, 0.6) is 0 Å². The van der Waals surface area contributed by atoms with Gasteiger partial charge in [-0.3, -0.25) is 15.0 Å². The van der Waals surface area contributed by atoms with Gasteiger partial charge in [-0.1, -0.05) is 18.2 Å². The number of anilines is 1. The molecule has 1 saturated heterocycles. The van der Waals surface area contributed by atoms with Crippen molar-refractivity contribution < 1.29 is 9.59 Å². The maximum Gasteiger partial charge on any atom is 0.244 e. The Balaban J connectivity index is 1.33. The normalized spacial score (nSPS) is 18.9. The fourth-order valence-corrected chi connectivity index (χ4v) is 4.12. The lowest BCUT2D eigenvalue weighted by Crippen LogP contribution is -2.31. The van der Waals surface area contributed by atoms with Gasteiger partial charge in [0.2, 0.25) is 11.8 Å². The number of para-hydroxylation sites is 2. The summed E-state index contributed by atoms with van der Waals surface area (Å²) in [5, 5.41) is 0. The Morgan fingerprint density at radius 3 is 2.89 bits per heavy atom. The zero-order chi connectivity index (χ0) is 18.4. The lowest BCUT2D eigenvalue weighted by Gasteiger charge is -2.18. The van der Waals surface area contributed by atoms with Crippen LogP contribution in [0, 0.1) is 5.92 Å². The average Bonchev–Trinajstić information content (AvgIpc) is 3.39. The molecule has 2 amide bonds. The number of carbonyl (C=O) groups is 2. The van der Waals surface area contributed by atoms with Crippen molar-refractivity contribution in [2.24, 2.45) is 5.92 Å². The SMILES string of the molecule is O=C(Nn1cnc2ccccc21)C1CC(=O)N(c2ccc3c(c2)CCC3)C1. The minimum Gasteiger partial charge on any atom is -0.312 e. The summed E-state index contributed by atoms with van der Waals surface area (Å²) in [7, 11) is 0. The van der Waals surface area contributed by atoms with Gasteiger partial charge in [0.15, 0.2) is 0 Å². The van der Waals surface area contributed by atoms with E-state index in [0.29, 0.717) is 6.54 Å². The fraction of sp³-hybridized carbons (Fsp3) is 0.286. The van der Waals surface area contributed by atoms with Crippen LogP contribution in [0.2, 0.25) is 0 Å². The van der Waals surface area contributed by atoms with Crippen LogP contribution < -0.4 is 10.3 Å². The van der Waals surface area contributed by atoms with Crippen molar-refractivity contribution in [3.05, 3.63) is 59.9 Å². The fourth-order valence-electron chi connectivity index (χ4n) is 4.12. The van der Waals surface area contributed by atoms with E-state index in [1.54, 1.807) is 15.9 Å². The Hall–Kier alpha value is -3.15. The van der Waals surface area contributed by atoms with Gasteiger partial charge in [0.05, 0.1) is 17.0 Å². The number of fused-ring (bicyclic) bond motifs is 2. The summed E-state index contributed by atoms with van der Waals surface area (Å²) < 4.78 is 1.63. The highest BCUT2D eigenvalue weighted by molar-refractivity contribution is 6.02. The number of amides is 2. The van der Waals surface area contributed by atoms with Gasteiger partial charge < -0.3 is 4.90 Å². The molecule has 5 rings (SSSR count). The molecular weight excluding hydrogens is 340 g/mol. The van der Waals surface area contributed by atoms with E-state index in [9.17, 15) is 9.59 Å². The van der Waals surface area contributed by atoms with E-state index in [-0.39, 0.29) is 24.2 Å². The van der Waals surface area contributed by atoms with Crippen molar-refractivity contribution >= 4 is 28.5 Å². The lowest BCUT2D eigenvalue weighted by molar-refractivity contribution is -0.123. The molecule has 1 aliphatic carbocycles. The summed E-state index contributed by atoms with van der Waals surface area (Å²) in [4.78, 5) is 31.3. The molecule has 0 spiro atoms. The first-order chi connectivity index (χ1) is 13.2. The summed E-state index contributed by atoms with van der Waals surface area (Å²) in [6.45, 7) is 0.413. The van der Waals surface area contributed by atoms with E-state index >= 15 is 0 Å². The number of hydrogen-bond donors (Lipinski definition) is 1. The van der Waals surface area contributed by atoms with Gasteiger partial charge in [0.1, 0.15) is 6.33 Å². The average molecular weight is 360 g/mol. The van der Waals surface area contributed by atoms with E-state index in [0.717, 1.165) is 29.6 Å². The second-order valence-electron chi connectivity index (χ2n) is 7.29. The van der Waals surface area contributed by atoms with Crippen LogP contribution in [-0.2, 0) is 22.4 Å². The lowest BCUT2D eigenvalue weighted by atomic mass is 10.1. The number of nitrogens with one attached hydrogen (secondary N) is 1. The number of hydrogen-bond acceptors (Lipinski definition) is 3. The zero-order valence-corrected chi connectivity index (χ0v) is 14.9. The highest BCUT2D eigenvalue weighted by Gasteiger charge is 2.35. The number of benzene rings is 2. The van der Waals surface area contributed by atoms with E-state index in [2.05, 4.69) is 22.5 Å². The first-order valence-electron chi connectivity index (χ1n) is 9.34. The summed E-state index contributed by atoms with van der Waals surface area (Å²) in [5.74, 6) is -0.523. The molecule has 2 aliphatic rings. The smallest absolute Gasteiger partial charge is 0.244 e. The van der Waals surface area contributed by atoms with Crippen molar-refractivity contribution in [3.63, 3.8) is 0 Å². The molecule has 136 valence electrons. The predicted octanol–water partition coefficient (Wildman–Crippen LogP) is 2.65. The molecule has 1 aromatic heterocycles. The largest absolute Gasteiger partial charge is 0.312 e. The number of carbonyl (C=O) groups excluding carboxylic acids is 2. The molecule has 1 fully saturated rings. The Morgan fingerprint density at radius 1 is 1.11 bits per heavy atom. The second-order valence-corrected chi connectivity index (χ2v) is 7.29. The first-order valence-corrected chi connectivity index (χ1v) is 9.34. The Bertz CT molecular complexity index is 1060. The van der Waals surface area contributed by atoms with Gasteiger partial charge in [-0.25, -0.2) is 9.66 Å². The molecule has 6 heteroatoms. The van der Waals surface area contributed by atoms with Gasteiger partial charge in [0, 0.05) is 18.7 Å². The molecule has 2 aromatic carbocycles. The highest BCUT2D eigenvalue weighted by atomic mass is 16.2. The van der Waals surface area contributed by atoms with Gasteiger partial charge in [0.25, 0.3) is 0 Å². The monoisotopic (exact) mass is 360 g/mol. The number of imidazole rings is 1. The molecule has 2 heterocycles. The van der Waals surface area contributed by atoms with Crippen LogP contribution in [-0.4, -0.2) is 28.0 Å². The molecule has 3 aromatic rings. The number of nitrogens with zero attached hydrogens (tertiary/aromatic N) is 3. The van der Waals surface area contributed by atoms with Crippen molar-refractivity contribution in [1.29, 1.82) is 0 Å². The van der Waals surface area contributed by atoms with Gasteiger partial charge in [-0.15, -0.1) is 0 Å². The van der Waals surface area contributed by atoms with Crippen LogP contribution in [0.3, 0.4) is 0 Å². The maximum atomic E-state index is 12.7. The van der Waals surface area contributed by atoms with E-state index < -0.39 is 0 Å². The standard InChI is InChI=1S/C21H20N4O2/c26-20-11-16(12-24(20)17-9-8-14-4-3-5-15(14)10-17)21(27)23-25-13-22-18-6-1-2-7-19(18)25/h1-2,6-10,13,16H,3-5,11-12H2,(H,23,27). The minimum absolute atomic E-state index is 0.00332. The maximum absolute atomic E-state index is 12.7. The molecular formula is C21H20N4O2. The topological polar surface area (TPSA) is 67.2 Å². The molecule has 1 N–H and O–H groups in total. The third-order valence-corrected chi connectivity index (χ3v) is 5.57. The van der Waals surface area contributed by atoms with Gasteiger partial charge in [-0.2, -0.15) is 0 Å². The van der Waals surface area contributed by atoms with Crippen molar-refractivity contribution in [1.82, 2.24) is 9.66 Å². The summed E-state index contributed by atoms with van der Waals surface area (Å²) in [5.41, 5.74) is 8.15. The van der Waals surface area contributed by atoms with Crippen LogP contribution in [0.1, 0.15) is 24.0 Å². The molecule has 6 nitrogen and oxygen atoms in total. The van der Waals surface area contributed by atoms with E-state index in [1.165, 1.54) is 17.5 Å². The van der Waals surface area contributed by atoms with Crippen LogP contribution in [0.25, 0.3) is 11.0 Å². The van der Waals surface area contributed by atoms with E-state index in [1.807, 2.05) is 30.3 Å². The molecule has 1 unspecified atom stereocenters. The summed E-state index contributed by atoms with van der Waals surface area (Å²) >= 11 is 0. The molecule has 1 aliphatic heterocycles. The molecule has 0 bridgehead atoms. The second kappa shape index (κ2) is 6.23. The van der Waals surface area contributed by atoms with E-state index in [4.69, 9.17) is 0 Å². The summed E-state index contributed by atoms with van der Waals surface area (Å²) in [6.07, 6.45) is 5.19. The number of aromatic nitrogens is 2. The van der Waals surface area contributed by atoms with Crippen LogP contribution >= 0.6 is 0 Å². The number of aryl methyl sites for hydroxylation is 2. The third kappa shape index (κ3) is 2.77. The van der Waals surface area contributed by atoms with Gasteiger partial charge in [-0.05, 0) is 54.7 Å². The highest BCUT2D eigenvalue weighted by Crippen LogP contribution is 2.30. The predicted molar refractivity (Wildman–Crippen MR) is 103 cm³/mol. The molecule has 27 heavy (non-hydrogen) atoms. The van der Waals surface area contributed by atoms with Crippen molar-refractivity contribution in [2.75, 3.05) is 16.9 Å². The zero-order valence-electron chi connectivity index (χ0n) is 14.9. The Morgan fingerprint density at radius 2 is 1.96 bits per heavy atom. The molecule has 1 atom stereocenters. The van der Waals surface area contributed by atoms with Gasteiger partial charge >= 0.3 is 0 Å². The minimum atomic E-state index is -0.369. The Labute approximate surface area is 156 Å². The van der Waals surface area contributed by atoms with Crippen LogP contribution in [0.4, 0.5) is 5.69 Å². The molecule has 0 radical (unpaired) electrons. The third-order valence-electron chi connectivity index (χ3n) is 5.57. The van der Waals surface area contributed by atoms with Crippen LogP contribution in [0.15, 0.2) is 48.8 Å². The Kier molecular flexibility index (Phi) is 3.70. The van der Waals surface area contributed by atoms with Crippen molar-refractivity contribution in [2.45, 2.75) is 25.7 Å². The quantitative estimate of drug-likeness (QED) is 0.781. The summed E-state index contributed by atoms with van der Waals surface area (Å²) in [6, 6.07) is 13.9. The molecule has 0 saturated carbocycles. The number of rotatable bonds is 3.